The molecule has 0 heterocycles. The molecule has 0 radical (unpaired) electrons. The number of benzene rings is 2. The third kappa shape index (κ3) is 7.56. The van der Waals surface area contributed by atoms with Gasteiger partial charge in [0, 0.05) is 28.2 Å². The van der Waals surface area contributed by atoms with Crippen LogP contribution in [0.5, 0.6) is 0 Å². The second-order valence-electron chi connectivity index (χ2n) is 12.2. The van der Waals surface area contributed by atoms with Crippen molar-refractivity contribution < 1.29 is 14.6 Å². The van der Waals surface area contributed by atoms with Gasteiger partial charge in [0.1, 0.15) is 12.8 Å². The molecule has 2 aromatic rings. The third-order valence-electron chi connectivity index (χ3n) is 7.83. The van der Waals surface area contributed by atoms with E-state index in [1.165, 1.54) is 4.90 Å². The van der Waals surface area contributed by atoms with Crippen molar-refractivity contribution in [3.05, 3.63) is 64.7 Å². The highest BCUT2D eigenvalue weighted by atomic mass is 35.5. The lowest BCUT2D eigenvalue weighted by Crippen LogP contribution is -2.51. The van der Waals surface area contributed by atoms with E-state index in [1.807, 2.05) is 26.8 Å². The highest BCUT2D eigenvalue weighted by molar-refractivity contribution is 8.29. The second-order valence-corrected chi connectivity index (χ2v) is 21.2. The Kier molecular flexibility index (Phi) is 10.8. The van der Waals surface area contributed by atoms with E-state index >= 15 is 0 Å². The number of amides is 1. The summed E-state index contributed by atoms with van der Waals surface area (Å²) >= 11 is 8.26. The lowest BCUT2D eigenvalue weighted by molar-refractivity contribution is -0.0931. The molecule has 2 rings (SSSR count). The quantitative estimate of drug-likeness (QED) is 0.267. The molecule has 7 heteroatoms. The van der Waals surface area contributed by atoms with Crippen molar-refractivity contribution in [2.45, 2.75) is 108 Å². The topological polar surface area (TPSA) is 72.6 Å². The number of hydrogen-bond donors (Lipinski definition) is 2. The van der Waals surface area contributed by atoms with E-state index in [4.69, 9.17) is 22.1 Å². The molecule has 4 nitrogen and oxygen atoms in total. The minimum Gasteiger partial charge on any atom is -0.442 e. The monoisotopic (exact) mass is 563 g/mol. The Bertz CT molecular complexity index is 1010. The van der Waals surface area contributed by atoms with Crippen LogP contribution in [0.15, 0.2) is 53.4 Å². The van der Waals surface area contributed by atoms with Gasteiger partial charge in [0.2, 0.25) is 0 Å². The first-order valence-electron chi connectivity index (χ1n) is 13.2. The zero-order valence-corrected chi connectivity index (χ0v) is 26.5. The molecule has 0 saturated heterocycles. The molecule has 0 aromatic heterocycles. The summed E-state index contributed by atoms with van der Waals surface area (Å²) in [5.41, 5.74) is 7.74. The molecule has 0 aliphatic rings. The fourth-order valence-corrected chi connectivity index (χ4v) is 15.1. The third-order valence-corrected chi connectivity index (χ3v) is 20.4. The number of hydrogen-bond acceptors (Lipinski definition) is 4. The Morgan fingerprint density at radius 3 is 1.97 bits per heavy atom. The highest BCUT2D eigenvalue weighted by Crippen LogP contribution is 2.52. The van der Waals surface area contributed by atoms with Gasteiger partial charge in [-0.3, -0.25) is 0 Å². The molecule has 2 atom stereocenters. The number of carbonyl (C=O) groups excluding carboxylic acids is 1. The molecular weight excluding hydrogens is 518 g/mol. The summed E-state index contributed by atoms with van der Waals surface area (Å²) in [5.74, 6) is 0. The number of aliphatic hydroxyl groups excluding tert-OH is 1. The van der Waals surface area contributed by atoms with Crippen molar-refractivity contribution >= 4 is 36.1 Å². The molecule has 0 spiro atoms. The SMILES string of the molecule is CC(C)[Si](Sc1ccc(CC(C[C@@H](O)c2cccc(Cl)c2)(OC(N)=O)C(C)(C)C)cc1)(C(C)C)C(C)C. The minimum absolute atomic E-state index is 0.195. The van der Waals surface area contributed by atoms with Gasteiger partial charge in [0.05, 0.1) is 6.10 Å². The van der Waals surface area contributed by atoms with Gasteiger partial charge in [0.15, 0.2) is 0 Å². The maximum Gasteiger partial charge on any atom is 0.405 e. The van der Waals surface area contributed by atoms with Crippen molar-refractivity contribution in [3.8, 4) is 0 Å². The van der Waals surface area contributed by atoms with E-state index in [-0.39, 0.29) is 6.42 Å². The van der Waals surface area contributed by atoms with Gasteiger partial charge in [-0.05, 0) is 52.0 Å². The molecule has 1 amide bonds. The molecule has 206 valence electrons. The molecule has 2 aromatic carbocycles. The van der Waals surface area contributed by atoms with Crippen molar-refractivity contribution in [1.82, 2.24) is 0 Å². The van der Waals surface area contributed by atoms with Gasteiger partial charge in [-0.1, -0.05) is 98.2 Å². The van der Waals surface area contributed by atoms with Crippen LogP contribution >= 0.6 is 22.8 Å². The molecule has 1 unspecified atom stereocenters. The average molecular weight is 564 g/mol. The Hall–Kier alpha value is -1.47. The normalized spacial score (nSPS) is 15.2. The summed E-state index contributed by atoms with van der Waals surface area (Å²) in [6.07, 6.45) is -1.09. The van der Waals surface area contributed by atoms with Crippen LogP contribution in [0.4, 0.5) is 4.79 Å². The zero-order chi connectivity index (χ0) is 28.2. The predicted octanol–water partition coefficient (Wildman–Crippen LogP) is 9.15. The minimum atomic E-state index is -1.66. The van der Waals surface area contributed by atoms with Gasteiger partial charge in [-0.2, -0.15) is 11.2 Å². The molecular formula is C30H46ClNO3SSi. The first-order valence-corrected chi connectivity index (χ1v) is 17.4. The molecule has 3 N–H and O–H groups in total. The Morgan fingerprint density at radius 2 is 1.54 bits per heavy atom. The fourth-order valence-electron chi connectivity index (χ4n) is 5.77. The van der Waals surface area contributed by atoms with Crippen LogP contribution in [-0.4, -0.2) is 24.0 Å². The van der Waals surface area contributed by atoms with Gasteiger partial charge in [0.25, 0.3) is 0 Å². The Morgan fingerprint density at radius 1 is 1.00 bits per heavy atom. The van der Waals surface area contributed by atoms with Crippen molar-refractivity contribution in [3.63, 3.8) is 0 Å². The smallest absolute Gasteiger partial charge is 0.405 e. The van der Waals surface area contributed by atoms with Crippen LogP contribution < -0.4 is 5.73 Å². The molecule has 0 aliphatic heterocycles. The summed E-state index contributed by atoms with van der Waals surface area (Å²) < 4.78 is 5.88. The zero-order valence-electron chi connectivity index (χ0n) is 24.0. The first-order chi connectivity index (χ1) is 17.0. The van der Waals surface area contributed by atoms with Crippen molar-refractivity contribution in [2.75, 3.05) is 0 Å². The first kappa shape index (κ1) is 31.7. The predicted molar refractivity (Wildman–Crippen MR) is 161 cm³/mol. The largest absolute Gasteiger partial charge is 0.442 e. The number of primary amides is 1. The summed E-state index contributed by atoms with van der Waals surface area (Å²) in [6, 6.07) is 15.8. The standard InChI is InChI=1S/C30H46ClNO3SSi/c1-20(2)37(21(3)4,22(5)6)36-26-15-13-23(14-16-26)18-30(29(7,8)9,35-28(32)34)19-27(33)24-11-10-12-25(31)17-24/h10-17,20-22,27,33H,18-19H2,1-9H3,(H2,32,34)/t27-,30?/m1/s1. The van der Waals surface area contributed by atoms with Gasteiger partial charge in [-0.25, -0.2) is 4.79 Å². The Labute approximate surface area is 234 Å². The summed E-state index contributed by atoms with van der Waals surface area (Å²) in [7, 11) is -1.66. The van der Waals surface area contributed by atoms with Gasteiger partial charge >= 0.3 is 6.09 Å². The van der Waals surface area contributed by atoms with E-state index in [0.717, 1.165) is 5.56 Å². The van der Waals surface area contributed by atoms with Crippen LogP contribution in [-0.2, 0) is 11.2 Å². The van der Waals surface area contributed by atoms with E-state index in [9.17, 15) is 9.90 Å². The van der Waals surface area contributed by atoms with Crippen LogP contribution in [0.3, 0.4) is 0 Å². The molecule has 37 heavy (non-hydrogen) atoms. The molecule has 0 fully saturated rings. The molecule has 0 aliphatic carbocycles. The molecule has 0 bridgehead atoms. The van der Waals surface area contributed by atoms with Crippen LogP contribution in [0, 0.1) is 5.41 Å². The lowest BCUT2D eigenvalue weighted by Gasteiger charge is -2.45. The van der Waals surface area contributed by atoms with Gasteiger partial charge in [-0.15, -0.1) is 0 Å². The summed E-state index contributed by atoms with van der Waals surface area (Å²) in [5, 5.41) is 11.7. The summed E-state index contributed by atoms with van der Waals surface area (Å²) in [6.45, 7) is 20.3. The number of nitrogens with two attached hydrogens (primary N) is 1. The number of ether oxygens (including phenoxy) is 1. The van der Waals surface area contributed by atoms with Crippen LogP contribution in [0.25, 0.3) is 0 Å². The number of carbonyl (C=O) groups is 1. The van der Waals surface area contributed by atoms with Crippen LogP contribution in [0.2, 0.25) is 21.6 Å². The number of halogens is 1. The van der Waals surface area contributed by atoms with E-state index in [1.54, 1.807) is 18.2 Å². The van der Waals surface area contributed by atoms with E-state index in [2.05, 4.69) is 77.0 Å². The Balaban J connectivity index is 2.42. The van der Waals surface area contributed by atoms with Gasteiger partial charge < -0.3 is 15.6 Å². The fraction of sp³-hybridized carbons (Fsp3) is 0.567. The summed E-state index contributed by atoms with van der Waals surface area (Å²) in [4.78, 5) is 13.4. The average Bonchev–Trinajstić information content (AvgIpc) is 2.76. The van der Waals surface area contributed by atoms with Crippen molar-refractivity contribution in [1.29, 1.82) is 0 Å². The highest BCUT2D eigenvalue weighted by Gasteiger charge is 2.47. The maximum absolute atomic E-state index is 12.1. The number of aliphatic hydroxyl groups is 1. The lowest BCUT2D eigenvalue weighted by atomic mass is 9.69. The van der Waals surface area contributed by atoms with E-state index < -0.39 is 30.4 Å². The second kappa shape index (κ2) is 12.6. The van der Waals surface area contributed by atoms with Crippen molar-refractivity contribution in [2.24, 2.45) is 11.1 Å². The van der Waals surface area contributed by atoms with E-state index in [0.29, 0.717) is 33.6 Å². The number of rotatable bonds is 11. The van der Waals surface area contributed by atoms with Crippen LogP contribution in [0.1, 0.15) is 86.0 Å². The maximum atomic E-state index is 12.1. The molecule has 0 saturated carbocycles.